The highest BCUT2D eigenvalue weighted by Gasteiger charge is 2.25. The number of rotatable bonds is 10. The highest BCUT2D eigenvalue weighted by molar-refractivity contribution is 5.93. The zero-order valence-electron chi connectivity index (χ0n) is 18.2. The summed E-state index contributed by atoms with van der Waals surface area (Å²) in [5, 5.41) is 8.54. The number of nitrogens with zero attached hydrogens (tertiary/aromatic N) is 1. The normalized spacial score (nSPS) is 15.1. The lowest BCUT2D eigenvalue weighted by atomic mass is 9.96. The predicted molar refractivity (Wildman–Crippen MR) is 117 cm³/mol. The molecule has 166 valence electrons. The summed E-state index contributed by atoms with van der Waals surface area (Å²) in [5.41, 5.74) is 1.37. The number of carbonyl (C=O) groups excluding carboxylic acids is 3. The summed E-state index contributed by atoms with van der Waals surface area (Å²) >= 11 is 0. The van der Waals surface area contributed by atoms with Crippen molar-refractivity contribution in [2.24, 2.45) is 5.92 Å². The third kappa shape index (κ3) is 8.92. The van der Waals surface area contributed by atoms with E-state index in [1.807, 2.05) is 13.8 Å². The molecule has 0 aromatic heterocycles. The first-order valence-corrected chi connectivity index (χ1v) is 10.6. The van der Waals surface area contributed by atoms with Crippen LogP contribution in [0.5, 0.6) is 0 Å². The van der Waals surface area contributed by atoms with Crippen molar-refractivity contribution in [2.75, 3.05) is 43.4 Å². The van der Waals surface area contributed by atoms with Crippen LogP contribution in [0.4, 0.5) is 11.4 Å². The Balaban J connectivity index is 1.64. The Hall–Kier alpha value is -2.45. The Labute approximate surface area is 178 Å². The molecule has 1 heterocycles. The van der Waals surface area contributed by atoms with Gasteiger partial charge in [-0.15, -0.1) is 0 Å². The fourth-order valence-electron chi connectivity index (χ4n) is 3.34. The fourth-order valence-corrected chi connectivity index (χ4v) is 3.34. The number of ether oxygens (including phenoxy) is 1. The Morgan fingerprint density at radius 3 is 2.23 bits per heavy atom. The zero-order chi connectivity index (χ0) is 21.9. The summed E-state index contributed by atoms with van der Waals surface area (Å²) in [4.78, 5) is 37.7. The van der Waals surface area contributed by atoms with Crippen LogP contribution in [0.25, 0.3) is 0 Å². The molecule has 30 heavy (non-hydrogen) atoms. The molecule has 1 aliphatic heterocycles. The first-order chi connectivity index (χ1) is 14.3. The first-order valence-electron chi connectivity index (χ1n) is 10.6. The second-order valence-corrected chi connectivity index (χ2v) is 7.92. The van der Waals surface area contributed by atoms with Gasteiger partial charge in [0.05, 0.1) is 12.6 Å². The average Bonchev–Trinajstić information content (AvgIpc) is 2.69. The van der Waals surface area contributed by atoms with E-state index in [9.17, 15) is 14.4 Å². The van der Waals surface area contributed by atoms with Gasteiger partial charge in [0, 0.05) is 37.4 Å². The third-order valence-electron chi connectivity index (χ3n) is 4.89. The van der Waals surface area contributed by atoms with Gasteiger partial charge in [-0.25, -0.2) is 0 Å². The molecule has 0 atom stereocenters. The first kappa shape index (κ1) is 23.8. The van der Waals surface area contributed by atoms with Crippen molar-refractivity contribution in [3.05, 3.63) is 24.3 Å². The molecule has 3 N–H and O–H groups in total. The monoisotopic (exact) mass is 418 g/mol. The Morgan fingerprint density at radius 1 is 1.07 bits per heavy atom. The van der Waals surface area contributed by atoms with Crippen molar-refractivity contribution < 1.29 is 19.1 Å². The van der Waals surface area contributed by atoms with Crippen LogP contribution in [0.2, 0.25) is 0 Å². The Kier molecular flexibility index (Phi) is 9.76. The highest BCUT2D eigenvalue weighted by Crippen LogP contribution is 2.18. The number of anilines is 2. The van der Waals surface area contributed by atoms with Gasteiger partial charge in [-0.3, -0.25) is 19.3 Å². The number of benzene rings is 1. The fraction of sp³-hybridized carbons (Fsp3) is 0.591. The summed E-state index contributed by atoms with van der Waals surface area (Å²) in [7, 11) is 0. The second-order valence-electron chi connectivity index (χ2n) is 7.92. The maximum Gasteiger partial charge on any atom is 0.238 e. The van der Waals surface area contributed by atoms with Crippen LogP contribution in [0.15, 0.2) is 24.3 Å². The minimum atomic E-state index is -0.135. The SMILES string of the molecule is CC(=O)Nc1ccc(NC(=O)CN2CCC(C(=O)NCCCOC(C)C)CC2)cc1. The van der Waals surface area contributed by atoms with Gasteiger partial charge in [-0.1, -0.05) is 0 Å². The van der Waals surface area contributed by atoms with Gasteiger partial charge in [-0.05, 0) is 70.5 Å². The quantitative estimate of drug-likeness (QED) is 0.506. The van der Waals surface area contributed by atoms with Crippen molar-refractivity contribution in [3.63, 3.8) is 0 Å². The average molecular weight is 419 g/mol. The van der Waals surface area contributed by atoms with Crippen LogP contribution in [0.3, 0.4) is 0 Å². The lowest BCUT2D eigenvalue weighted by Gasteiger charge is -2.30. The van der Waals surface area contributed by atoms with Crippen molar-refractivity contribution in [1.29, 1.82) is 0 Å². The van der Waals surface area contributed by atoms with Gasteiger partial charge in [0.15, 0.2) is 0 Å². The van der Waals surface area contributed by atoms with Crippen LogP contribution in [0.1, 0.15) is 40.0 Å². The van der Waals surface area contributed by atoms with Crippen LogP contribution < -0.4 is 16.0 Å². The second kappa shape index (κ2) is 12.3. The van der Waals surface area contributed by atoms with E-state index in [0.29, 0.717) is 31.1 Å². The van der Waals surface area contributed by atoms with Crippen LogP contribution in [-0.4, -0.2) is 61.5 Å². The summed E-state index contributed by atoms with van der Waals surface area (Å²) in [6.45, 7) is 8.48. The van der Waals surface area contributed by atoms with E-state index in [2.05, 4.69) is 20.9 Å². The maximum atomic E-state index is 12.3. The molecule has 3 amide bonds. The molecule has 0 saturated carbocycles. The van der Waals surface area contributed by atoms with Crippen LogP contribution in [-0.2, 0) is 19.1 Å². The summed E-state index contributed by atoms with van der Waals surface area (Å²) < 4.78 is 5.47. The minimum Gasteiger partial charge on any atom is -0.379 e. The van der Waals surface area contributed by atoms with Gasteiger partial charge >= 0.3 is 0 Å². The van der Waals surface area contributed by atoms with Gasteiger partial charge < -0.3 is 20.7 Å². The molecule has 2 rings (SSSR count). The molecule has 0 bridgehead atoms. The van der Waals surface area contributed by atoms with Crippen molar-refractivity contribution in [3.8, 4) is 0 Å². The highest BCUT2D eigenvalue weighted by atomic mass is 16.5. The van der Waals surface area contributed by atoms with E-state index in [4.69, 9.17) is 4.74 Å². The molecule has 1 fully saturated rings. The number of carbonyl (C=O) groups is 3. The maximum absolute atomic E-state index is 12.3. The predicted octanol–water partition coefficient (Wildman–Crippen LogP) is 2.23. The minimum absolute atomic E-state index is 0.0108. The number of piperidine rings is 1. The van der Waals surface area contributed by atoms with E-state index >= 15 is 0 Å². The van der Waals surface area contributed by atoms with E-state index in [-0.39, 0.29) is 29.7 Å². The number of likely N-dealkylation sites (tertiary alicyclic amines) is 1. The van der Waals surface area contributed by atoms with Crippen molar-refractivity contribution >= 4 is 29.1 Å². The van der Waals surface area contributed by atoms with E-state index in [1.54, 1.807) is 24.3 Å². The molecule has 0 aliphatic carbocycles. The van der Waals surface area contributed by atoms with Crippen LogP contribution in [0, 0.1) is 5.92 Å². The van der Waals surface area contributed by atoms with Gasteiger partial charge in [0.25, 0.3) is 0 Å². The molecule has 8 nitrogen and oxygen atoms in total. The van der Waals surface area contributed by atoms with Crippen molar-refractivity contribution in [1.82, 2.24) is 10.2 Å². The van der Waals surface area contributed by atoms with E-state index < -0.39 is 0 Å². The summed E-state index contributed by atoms with van der Waals surface area (Å²) in [5.74, 6) is -0.112. The van der Waals surface area contributed by atoms with Gasteiger partial charge in [-0.2, -0.15) is 0 Å². The molecular weight excluding hydrogens is 384 g/mol. The molecule has 0 spiro atoms. The smallest absolute Gasteiger partial charge is 0.238 e. The number of hydrogen-bond donors (Lipinski definition) is 3. The largest absolute Gasteiger partial charge is 0.379 e. The topological polar surface area (TPSA) is 99.8 Å². The molecule has 1 saturated heterocycles. The molecule has 1 aromatic carbocycles. The Morgan fingerprint density at radius 2 is 1.67 bits per heavy atom. The lowest BCUT2D eigenvalue weighted by Crippen LogP contribution is -2.43. The summed E-state index contributed by atoms with van der Waals surface area (Å²) in [6, 6.07) is 7.00. The molecule has 0 unspecified atom stereocenters. The molecule has 8 heteroatoms. The lowest BCUT2D eigenvalue weighted by molar-refractivity contribution is -0.126. The van der Waals surface area contributed by atoms with Gasteiger partial charge in [0.1, 0.15) is 0 Å². The molecule has 1 aliphatic rings. The number of nitrogens with one attached hydrogen (secondary N) is 3. The number of amides is 3. The zero-order valence-corrected chi connectivity index (χ0v) is 18.2. The molecule has 0 radical (unpaired) electrons. The standard InChI is InChI=1S/C22H34N4O4/c1-16(2)30-14-4-11-23-22(29)18-9-12-26(13-10-18)15-21(28)25-20-7-5-19(6-8-20)24-17(3)27/h5-8,16,18H,4,9-15H2,1-3H3,(H,23,29)(H,24,27)(H,25,28). The van der Waals surface area contributed by atoms with Crippen LogP contribution >= 0.6 is 0 Å². The van der Waals surface area contributed by atoms with E-state index in [0.717, 1.165) is 32.4 Å². The molecule has 1 aromatic rings. The molecular formula is C22H34N4O4. The van der Waals surface area contributed by atoms with Gasteiger partial charge in [0.2, 0.25) is 17.7 Å². The Bertz CT molecular complexity index is 698. The third-order valence-corrected chi connectivity index (χ3v) is 4.89. The van der Waals surface area contributed by atoms with Crippen molar-refractivity contribution in [2.45, 2.75) is 46.1 Å². The summed E-state index contributed by atoms with van der Waals surface area (Å²) in [6.07, 6.45) is 2.54. The number of hydrogen-bond acceptors (Lipinski definition) is 5. The van der Waals surface area contributed by atoms with E-state index in [1.165, 1.54) is 6.92 Å².